The molecule has 2 amide bonds. The molecule has 0 bridgehead atoms. The number of carbonyl (C=O) groups is 2. The topological polar surface area (TPSA) is 71.0 Å². The third-order valence-electron chi connectivity index (χ3n) is 5.56. The van der Waals surface area contributed by atoms with Gasteiger partial charge in [-0.1, -0.05) is 35.0 Å². The Kier molecular flexibility index (Phi) is 5.41. The second-order valence-corrected chi connectivity index (χ2v) is 8.84. The van der Waals surface area contributed by atoms with Gasteiger partial charge in [0.15, 0.2) is 5.60 Å². The van der Waals surface area contributed by atoms with Gasteiger partial charge < -0.3 is 15.1 Å². The fraction of sp³-hybridized carbons (Fsp3) is 0.409. The number of benzene rings is 1. The Bertz CT molecular complexity index is 950. The van der Waals surface area contributed by atoms with Crippen LogP contribution in [-0.2, 0) is 16.2 Å². The molecule has 4 rings (SSSR count). The van der Waals surface area contributed by atoms with Gasteiger partial charge in [-0.15, -0.1) is 11.3 Å². The number of amides is 2. The number of hydrogen-bond acceptors (Lipinski definition) is 5. The summed E-state index contributed by atoms with van der Waals surface area (Å²) in [5.74, 6) is -0.169. The van der Waals surface area contributed by atoms with Crippen LogP contribution in [0.25, 0.3) is 0 Å². The third kappa shape index (κ3) is 4.19. The van der Waals surface area contributed by atoms with Crippen LogP contribution in [0, 0.1) is 13.8 Å². The lowest BCUT2D eigenvalue weighted by Gasteiger charge is -2.38. The molecule has 1 atom stereocenters. The Hall–Kier alpha value is -2.67. The molecule has 0 radical (unpaired) electrons. The van der Waals surface area contributed by atoms with Gasteiger partial charge in [0.25, 0.3) is 11.8 Å². The summed E-state index contributed by atoms with van der Waals surface area (Å²) < 4.78 is 0. The molecule has 0 saturated carbocycles. The van der Waals surface area contributed by atoms with Crippen LogP contribution >= 0.6 is 11.3 Å². The van der Waals surface area contributed by atoms with Gasteiger partial charge in [0.1, 0.15) is 5.71 Å². The average molecular weight is 412 g/mol. The van der Waals surface area contributed by atoms with E-state index in [9.17, 15) is 9.59 Å². The van der Waals surface area contributed by atoms with Crippen molar-refractivity contribution in [2.24, 2.45) is 5.16 Å². The highest BCUT2D eigenvalue weighted by molar-refractivity contribution is 7.12. The smallest absolute Gasteiger partial charge is 0.269 e. The third-order valence-corrected chi connectivity index (χ3v) is 6.56. The number of likely N-dealkylation sites (tertiary alicyclic amines) is 1. The van der Waals surface area contributed by atoms with Gasteiger partial charge in [0.2, 0.25) is 0 Å². The van der Waals surface area contributed by atoms with Crippen molar-refractivity contribution >= 4 is 28.9 Å². The van der Waals surface area contributed by atoms with Crippen molar-refractivity contribution in [1.29, 1.82) is 0 Å². The summed E-state index contributed by atoms with van der Waals surface area (Å²) in [5, 5.41) is 8.94. The molecule has 152 valence electrons. The zero-order valence-electron chi connectivity index (χ0n) is 16.7. The molecule has 0 unspecified atom stereocenters. The van der Waals surface area contributed by atoms with E-state index in [0.717, 1.165) is 28.8 Å². The van der Waals surface area contributed by atoms with E-state index in [1.165, 1.54) is 16.9 Å². The summed E-state index contributed by atoms with van der Waals surface area (Å²) >= 11 is 1.47. The minimum Gasteiger partial charge on any atom is -0.386 e. The van der Waals surface area contributed by atoms with Gasteiger partial charge >= 0.3 is 0 Å². The molecule has 0 aliphatic carbocycles. The first kappa shape index (κ1) is 19.6. The number of piperidine rings is 1. The van der Waals surface area contributed by atoms with E-state index >= 15 is 0 Å². The van der Waals surface area contributed by atoms with Crippen LogP contribution in [0.1, 0.15) is 45.6 Å². The lowest BCUT2D eigenvalue weighted by atomic mass is 9.88. The zero-order chi connectivity index (χ0) is 20.4. The molecule has 7 heteroatoms. The molecule has 6 nitrogen and oxygen atoms in total. The Labute approximate surface area is 174 Å². The van der Waals surface area contributed by atoms with Crippen molar-refractivity contribution in [3.63, 3.8) is 0 Å². The van der Waals surface area contributed by atoms with Gasteiger partial charge in [0, 0.05) is 19.5 Å². The molecular formula is C22H25N3O3S. The molecular weight excluding hydrogens is 386 g/mol. The first-order chi connectivity index (χ1) is 14.0. The molecule has 2 aliphatic heterocycles. The number of hydrogen-bond donors (Lipinski definition) is 1. The van der Waals surface area contributed by atoms with Crippen LogP contribution in [0.5, 0.6) is 0 Å². The number of thiophene rings is 1. The second-order valence-electron chi connectivity index (χ2n) is 7.92. The summed E-state index contributed by atoms with van der Waals surface area (Å²) in [4.78, 5) is 33.8. The van der Waals surface area contributed by atoms with Crippen LogP contribution in [0.4, 0.5) is 0 Å². The lowest BCUT2D eigenvalue weighted by molar-refractivity contribution is -0.115. The van der Waals surface area contributed by atoms with E-state index in [1.807, 2.05) is 54.5 Å². The number of nitrogens with zero attached hydrogens (tertiary/aromatic N) is 2. The van der Waals surface area contributed by atoms with Crippen molar-refractivity contribution in [2.75, 3.05) is 13.1 Å². The highest BCUT2D eigenvalue weighted by Crippen LogP contribution is 2.34. The normalized spacial score (nSPS) is 21.0. The van der Waals surface area contributed by atoms with Gasteiger partial charge in [-0.2, -0.15) is 0 Å². The van der Waals surface area contributed by atoms with Crippen molar-refractivity contribution in [3.8, 4) is 0 Å². The highest BCUT2D eigenvalue weighted by atomic mass is 32.1. The summed E-state index contributed by atoms with van der Waals surface area (Å²) in [6, 6.07) is 10.0. The van der Waals surface area contributed by atoms with Crippen LogP contribution in [-0.4, -0.2) is 41.1 Å². The Morgan fingerprint density at radius 1 is 1.24 bits per heavy atom. The number of aryl methyl sites for hydroxylation is 2. The first-order valence-electron chi connectivity index (χ1n) is 9.88. The molecule has 29 heavy (non-hydrogen) atoms. The van der Waals surface area contributed by atoms with Gasteiger partial charge in [-0.05, 0) is 49.3 Å². The fourth-order valence-electron chi connectivity index (χ4n) is 3.86. The van der Waals surface area contributed by atoms with E-state index in [1.54, 1.807) is 0 Å². The van der Waals surface area contributed by atoms with Crippen LogP contribution in [0.15, 0.2) is 40.9 Å². The van der Waals surface area contributed by atoms with E-state index in [-0.39, 0.29) is 11.8 Å². The summed E-state index contributed by atoms with van der Waals surface area (Å²) in [7, 11) is 0. The number of rotatable bonds is 4. The van der Waals surface area contributed by atoms with Crippen LogP contribution in [0.3, 0.4) is 0 Å². The second kappa shape index (κ2) is 7.99. The maximum atomic E-state index is 12.9. The monoisotopic (exact) mass is 411 g/mol. The maximum Gasteiger partial charge on any atom is 0.269 e. The summed E-state index contributed by atoms with van der Waals surface area (Å²) in [6.45, 7) is 5.60. The van der Waals surface area contributed by atoms with Crippen molar-refractivity contribution in [1.82, 2.24) is 10.2 Å². The fourth-order valence-corrected chi connectivity index (χ4v) is 4.75. The van der Waals surface area contributed by atoms with E-state index in [2.05, 4.69) is 10.5 Å². The maximum absolute atomic E-state index is 12.9. The molecule has 1 saturated heterocycles. The molecule has 1 aromatic carbocycles. The standard InChI is InChI=1S/C22H25N3O3S/c1-15-4-6-17(7-5-15)13-23-20(26)18-12-22(28-24-18)9-3-10-25(14-22)21(27)19-16(2)8-11-29-19/h4-8,11H,3,9-10,12-14H2,1-2H3,(H,23,26)/t22-/m1/s1. The van der Waals surface area contributed by atoms with Crippen molar-refractivity contribution < 1.29 is 14.4 Å². The molecule has 3 heterocycles. The van der Waals surface area contributed by atoms with Crippen molar-refractivity contribution in [3.05, 3.63) is 57.3 Å². The quantitative estimate of drug-likeness (QED) is 0.838. The molecule has 1 N–H and O–H groups in total. The molecule has 2 aliphatic rings. The Morgan fingerprint density at radius 3 is 2.76 bits per heavy atom. The van der Waals surface area contributed by atoms with E-state index < -0.39 is 5.60 Å². The molecule has 1 aromatic heterocycles. The van der Waals surface area contributed by atoms with Gasteiger partial charge in [0.05, 0.1) is 11.4 Å². The number of oxime groups is 1. The Morgan fingerprint density at radius 2 is 2.03 bits per heavy atom. The molecule has 1 fully saturated rings. The van der Waals surface area contributed by atoms with Crippen molar-refractivity contribution in [2.45, 2.75) is 45.3 Å². The average Bonchev–Trinajstić information content (AvgIpc) is 3.33. The Balaban J connectivity index is 1.36. The van der Waals surface area contributed by atoms with Gasteiger partial charge in [-0.3, -0.25) is 9.59 Å². The predicted octanol–water partition coefficient (Wildman–Crippen LogP) is 3.43. The predicted molar refractivity (Wildman–Crippen MR) is 113 cm³/mol. The van der Waals surface area contributed by atoms with E-state index in [4.69, 9.17) is 4.84 Å². The lowest BCUT2D eigenvalue weighted by Crippen LogP contribution is -2.51. The zero-order valence-corrected chi connectivity index (χ0v) is 17.6. The van der Waals surface area contributed by atoms with Crippen LogP contribution < -0.4 is 5.32 Å². The summed E-state index contributed by atoms with van der Waals surface area (Å²) in [5.41, 5.74) is 3.04. The summed E-state index contributed by atoms with van der Waals surface area (Å²) in [6.07, 6.45) is 2.06. The number of nitrogens with one attached hydrogen (secondary N) is 1. The first-order valence-corrected chi connectivity index (χ1v) is 10.8. The largest absolute Gasteiger partial charge is 0.386 e. The minimum atomic E-state index is -0.588. The van der Waals surface area contributed by atoms with Gasteiger partial charge in [-0.25, -0.2) is 0 Å². The number of carbonyl (C=O) groups excluding carboxylic acids is 2. The highest BCUT2D eigenvalue weighted by Gasteiger charge is 2.45. The minimum absolute atomic E-state index is 0.0393. The molecule has 2 aromatic rings. The van der Waals surface area contributed by atoms with E-state index in [0.29, 0.717) is 31.8 Å². The van der Waals surface area contributed by atoms with Crippen LogP contribution in [0.2, 0.25) is 0 Å². The SMILES string of the molecule is Cc1ccc(CNC(=O)C2=NO[C@]3(CCCN(C(=O)c4sccc4C)C3)C2)cc1. The molecule has 1 spiro atoms.